The van der Waals surface area contributed by atoms with Crippen LogP contribution in [0.4, 0.5) is 11.4 Å². The Morgan fingerprint density at radius 3 is 2.61 bits per heavy atom. The van der Waals surface area contributed by atoms with Gasteiger partial charge >= 0.3 is 5.97 Å². The van der Waals surface area contributed by atoms with E-state index in [4.69, 9.17) is 26.8 Å². The van der Waals surface area contributed by atoms with Gasteiger partial charge in [-0.3, -0.25) is 0 Å². The highest BCUT2D eigenvalue weighted by atomic mass is 35.5. The lowest BCUT2D eigenvalue weighted by Crippen LogP contribution is -2.22. The fourth-order valence-corrected chi connectivity index (χ4v) is 4.02. The number of rotatable bonds is 6. The summed E-state index contributed by atoms with van der Waals surface area (Å²) in [4.78, 5) is 14.2. The molecule has 0 fully saturated rings. The molecule has 0 amide bonds. The fourth-order valence-electron chi connectivity index (χ4n) is 3.85. The minimum absolute atomic E-state index is 0.386. The normalized spacial score (nSPS) is 13.2. The monoisotopic (exact) mass is 460 g/mol. The van der Waals surface area contributed by atoms with Gasteiger partial charge in [-0.2, -0.15) is 0 Å². The summed E-state index contributed by atoms with van der Waals surface area (Å²) in [6, 6.07) is 20.8. The van der Waals surface area contributed by atoms with Gasteiger partial charge in [0.1, 0.15) is 12.4 Å². The summed E-state index contributed by atoms with van der Waals surface area (Å²) in [7, 11) is 1.35. The number of allylic oxidation sites excluding steroid dienone is 3. The fraction of sp³-hybridized carbons (Fsp3) is 0.148. The van der Waals surface area contributed by atoms with Crippen LogP contribution in [0.2, 0.25) is 5.02 Å². The third-order valence-corrected chi connectivity index (χ3v) is 5.63. The third kappa shape index (κ3) is 5.04. The highest BCUT2D eigenvalue weighted by Gasteiger charge is 2.23. The second kappa shape index (κ2) is 9.84. The molecule has 1 aliphatic rings. The maximum Gasteiger partial charge on any atom is 0.337 e. The number of halogens is 1. The van der Waals surface area contributed by atoms with Gasteiger partial charge < -0.3 is 20.1 Å². The quantitative estimate of drug-likeness (QED) is 0.338. The number of carbonyl (C=O) groups is 1. The molecule has 0 radical (unpaired) electrons. The van der Waals surface area contributed by atoms with Crippen LogP contribution in [-0.2, 0) is 11.3 Å². The average Bonchev–Trinajstić information content (AvgIpc) is 2.82. The molecule has 0 saturated heterocycles. The zero-order valence-corrected chi connectivity index (χ0v) is 19.3. The Morgan fingerprint density at radius 1 is 1.06 bits per heavy atom. The largest absolute Gasteiger partial charge is 0.488 e. The predicted molar refractivity (Wildman–Crippen MR) is 133 cm³/mol. The summed E-state index contributed by atoms with van der Waals surface area (Å²) in [5.74, 6) is 0.272. The van der Waals surface area contributed by atoms with E-state index >= 15 is 0 Å². The van der Waals surface area contributed by atoms with E-state index in [9.17, 15) is 4.79 Å². The van der Waals surface area contributed by atoms with Crippen molar-refractivity contribution in [1.82, 2.24) is 0 Å². The first-order chi connectivity index (χ1) is 16.0. The van der Waals surface area contributed by atoms with E-state index in [-0.39, 0.29) is 0 Å². The lowest BCUT2D eigenvalue weighted by Gasteiger charge is -2.32. The van der Waals surface area contributed by atoms with Crippen LogP contribution in [0, 0.1) is 0 Å². The molecule has 0 saturated carbocycles. The first-order valence-corrected chi connectivity index (χ1v) is 11.0. The number of benzene rings is 3. The van der Waals surface area contributed by atoms with Gasteiger partial charge in [-0.1, -0.05) is 54.1 Å². The molecule has 168 valence electrons. The second-order valence-electron chi connectivity index (χ2n) is 7.73. The third-order valence-electron chi connectivity index (χ3n) is 5.39. The van der Waals surface area contributed by atoms with Crippen LogP contribution in [0.15, 0.2) is 84.6 Å². The van der Waals surface area contributed by atoms with Gasteiger partial charge in [0.15, 0.2) is 0 Å². The number of carbonyl (C=O) groups excluding carboxylic acids is 1. The van der Waals surface area contributed by atoms with Crippen molar-refractivity contribution in [3.63, 3.8) is 0 Å². The van der Waals surface area contributed by atoms with Crippen LogP contribution in [0.5, 0.6) is 5.75 Å². The van der Waals surface area contributed by atoms with Crippen LogP contribution in [0.3, 0.4) is 0 Å². The number of hydrogen-bond acceptors (Lipinski definition) is 5. The van der Waals surface area contributed by atoms with Gasteiger partial charge in [-0.25, -0.2) is 4.79 Å². The molecule has 0 aliphatic carbocycles. The number of anilines is 2. The number of methoxy groups -OCH3 is 1. The second-order valence-corrected chi connectivity index (χ2v) is 8.16. The van der Waals surface area contributed by atoms with Crippen molar-refractivity contribution in [3.05, 3.63) is 106 Å². The first kappa shape index (κ1) is 22.5. The smallest absolute Gasteiger partial charge is 0.337 e. The molecule has 6 heteroatoms. The van der Waals surface area contributed by atoms with Crippen LogP contribution in [0.1, 0.15) is 34.8 Å². The molecule has 0 aromatic heterocycles. The first-order valence-electron chi connectivity index (χ1n) is 10.6. The van der Waals surface area contributed by atoms with E-state index in [1.54, 1.807) is 12.1 Å². The summed E-state index contributed by atoms with van der Waals surface area (Å²) in [6.07, 6.45) is 4.98. The molecular weight excluding hydrogens is 436 g/mol. The Morgan fingerprint density at radius 2 is 1.85 bits per heavy atom. The Hall–Kier alpha value is -3.70. The number of nitrogens with two attached hydrogens (primary N) is 1. The minimum atomic E-state index is -0.442. The van der Waals surface area contributed by atoms with Crippen molar-refractivity contribution < 1.29 is 14.3 Å². The van der Waals surface area contributed by atoms with Crippen molar-refractivity contribution in [1.29, 1.82) is 0 Å². The van der Waals surface area contributed by atoms with Gasteiger partial charge in [0.2, 0.25) is 0 Å². The Kier molecular flexibility index (Phi) is 6.71. The highest BCUT2D eigenvalue weighted by molar-refractivity contribution is 6.30. The Bertz CT molecular complexity index is 1240. The van der Waals surface area contributed by atoms with Crippen molar-refractivity contribution in [2.75, 3.05) is 17.7 Å². The molecule has 1 aliphatic heterocycles. The van der Waals surface area contributed by atoms with Crippen LogP contribution < -0.4 is 15.4 Å². The number of nitrogen functional groups attached to an aromatic ring is 1. The Balaban J connectivity index is 1.75. The predicted octanol–water partition coefficient (Wildman–Crippen LogP) is 6.44. The van der Waals surface area contributed by atoms with Gasteiger partial charge in [0.25, 0.3) is 0 Å². The van der Waals surface area contributed by atoms with Crippen LogP contribution in [-0.4, -0.2) is 13.1 Å². The molecule has 33 heavy (non-hydrogen) atoms. The minimum Gasteiger partial charge on any atom is -0.488 e. The summed E-state index contributed by atoms with van der Waals surface area (Å²) in [6.45, 7) is 2.45. The molecule has 1 heterocycles. The number of nitrogens with zero attached hydrogens (tertiary/aromatic N) is 1. The molecule has 3 aromatic carbocycles. The molecule has 0 spiro atoms. The number of esters is 1. The van der Waals surface area contributed by atoms with Crippen molar-refractivity contribution in [2.24, 2.45) is 0 Å². The maximum atomic E-state index is 12.2. The van der Waals surface area contributed by atoms with E-state index in [0.717, 1.165) is 34.6 Å². The number of ether oxygens (including phenoxy) is 2. The molecular formula is C27H25ClN2O3. The molecule has 5 nitrogen and oxygen atoms in total. The molecule has 2 N–H and O–H groups in total. The van der Waals surface area contributed by atoms with E-state index in [1.165, 1.54) is 7.11 Å². The molecule has 0 unspecified atom stereocenters. The zero-order valence-electron chi connectivity index (χ0n) is 18.5. The summed E-state index contributed by atoms with van der Waals surface area (Å²) in [5.41, 5.74) is 11.6. The summed E-state index contributed by atoms with van der Waals surface area (Å²) >= 11 is 6.40. The van der Waals surface area contributed by atoms with E-state index < -0.39 is 5.97 Å². The zero-order chi connectivity index (χ0) is 23.4. The van der Waals surface area contributed by atoms with Gasteiger partial charge in [0, 0.05) is 27.7 Å². The topological polar surface area (TPSA) is 64.8 Å². The van der Waals surface area contributed by atoms with Crippen molar-refractivity contribution >= 4 is 34.6 Å². The lowest BCUT2D eigenvalue weighted by atomic mass is 10.0. The lowest BCUT2D eigenvalue weighted by molar-refractivity contribution is 0.0601. The molecule has 3 aromatic rings. The average molecular weight is 461 g/mol. The SMILES string of the molecule is COC(=O)c1cc(N)cc(N2C(C)=CCC=C2c2cc(Cl)ccc2OCc2ccccc2)c1. The summed E-state index contributed by atoms with van der Waals surface area (Å²) in [5, 5.41) is 0.605. The molecule has 4 rings (SSSR count). The number of hydrogen-bond donors (Lipinski definition) is 1. The van der Waals surface area contributed by atoms with Crippen molar-refractivity contribution in [3.8, 4) is 5.75 Å². The van der Waals surface area contributed by atoms with Crippen molar-refractivity contribution in [2.45, 2.75) is 20.0 Å². The van der Waals surface area contributed by atoms with Crippen LogP contribution >= 0.6 is 11.6 Å². The van der Waals surface area contributed by atoms with E-state index in [2.05, 4.69) is 12.2 Å². The van der Waals surface area contributed by atoms with Crippen LogP contribution in [0.25, 0.3) is 5.70 Å². The van der Waals surface area contributed by atoms with Gasteiger partial charge in [-0.15, -0.1) is 0 Å². The van der Waals surface area contributed by atoms with Gasteiger partial charge in [0.05, 0.1) is 18.4 Å². The van der Waals surface area contributed by atoms with E-state index in [0.29, 0.717) is 28.6 Å². The standard InChI is InChI=1S/C27H25ClN2O3/c1-18-7-6-10-25(30(18)23-14-20(27(31)32-2)13-22(29)16-23)24-15-21(28)11-12-26(24)33-17-19-8-4-3-5-9-19/h3-5,7-16H,6,17,29H2,1-2H3. The molecule has 0 atom stereocenters. The molecule has 0 bridgehead atoms. The highest BCUT2D eigenvalue weighted by Crippen LogP contribution is 2.39. The summed E-state index contributed by atoms with van der Waals surface area (Å²) < 4.78 is 11.1. The van der Waals surface area contributed by atoms with E-state index in [1.807, 2.05) is 66.4 Å². The van der Waals surface area contributed by atoms with Gasteiger partial charge in [-0.05, 0) is 55.3 Å². The Labute approximate surface area is 198 Å². The maximum absolute atomic E-state index is 12.2.